The molecule has 1 atom stereocenters. The van der Waals surface area contributed by atoms with Crippen molar-refractivity contribution < 1.29 is 9.53 Å². The zero-order valence-corrected chi connectivity index (χ0v) is 16.0. The molecule has 2 aromatic rings. The van der Waals surface area contributed by atoms with Crippen molar-refractivity contribution in [2.24, 2.45) is 0 Å². The lowest BCUT2D eigenvalue weighted by atomic mass is 10.1. The highest BCUT2D eigenvalue weighted by atomic mass is 32.2. The topological polar surface area (TPSA) is 41.6 Å². The molecule has 4 nitrogen and oxygen atoms in total. The van der Waals surface area contributed by atoms with E-state index in [2.05, 4.69) is 28.4 Å². The third kappa shape index (κ3) is 5.59. The zero-order valence-electron chi connectivity index (χ0n) is 15.2. The first-order valence-corrected chi connectivity index (χ1v) is 10.1. The average Bonchev–Trinajstić information content (AvgIpc) is 2.69. The molecule has 0 spiro atoms. The van der Waals surface area contributed by atoms with Crippen molar-refractivity contribution in [2.75, 3.05) is 31.6 Å². The fourth-order valence-electron chi connectivity index (χ4n) is 2.89. The van der Waals surface area contributed by atoms with Gasteiger partial charge in [-0.1, -0.05) is 48.5 Å². The van der Waals surface area contributed by atoms with E-state index in [9.17, 15) is 4.79 Å². The van der Waals surface area contributed by atoms with Gasteiger partial charge in [-0.3, -0.25) is 9.69 Å². The number of para-hydroxylation sites is 1. The lowest BCUT2D eigenvalue weighted by Gasteiger charge is -2.27. The molecule has 0 radical (unpaired) electrons. The van der Waals surface area contributed by atoms with Gasteiger partial charge in [0.1, 0.15) is 0 Å². The van der Waals surface area contributed by atoms with Gasteiger partial charge in [0.05, 0.1) is 18.5 Å². The van der Waals surface area contributed by atoms with Gasteiger partial charge in [0.25, 0.3) is 0 Å². The number of carbonyl (C=O) groups is 1. The fraction of sp³-hybridized carbons (Fsp3) is 0.381. The van der Waals surface area contributed by atoms with Crippen molar-refractivity contribution in [3.8, 4) is 0 Å². The van der Waals surface area contributed by atoms with Crippen molar-refractivity contribution in [2.45, 2.75) is 24.5 Å². The third-order valence-corrected chi connectivity index (χ3v) is 5.70. The molecule has 2 aromatic carbocycles. The molecule has 1 N–H and O–H groups in total. The highest BCUT2D eigenvalue weighted by molar-refractivity contribution is 7.99. The first-order valence-electron chi connectivity index (χ1n) is 9.07. The SMILES string of the molecule is CC(SCc1ccccc1)C(=O)Nc1ccccc1CN1CCOCC1. The van der Waals surface area contributed by atoms with Crippen LogP contribution in [0.15, 0.2) is 54.6 Å². The average molecular weight is 371 g/mol. The highest BCUT2D eigenvalue weighted by Gasteiger charge is 2.17. The molecular weight excluding hydrogens is 344 g/mol. The second-order valence-corrected chi connectivity index (χ2v) is 7.80. The van der Waals surface area contributed by atoms with E-state index in [4.69, 9.17) is 4.74 Å². The lowest BCUT2D eigenvalue weighted by Crippen LogP contribution is -2.36. The molecule has 0 saturated carbocycles. The molecule has 0 aliphatic carbocycles. The van der Waals surface area contributed by atoms with Gasteiger partial charge < -0.3 is 10.1 Å². The monoisotopic (exact) mass is 370 g/mol. The van der Waals surface area contributed by atoms with E-state index in [1.807, 2.05) is 43.3 Å². The molecule has 0 bridgehead atoms. The van der Waals surface area contributed by atoms with Gasteiger partial charge in [0, 0.05) is 31.1 Å². The first-order chi connectivity index (χ1) is 12.7. The van der Waals surface area contributed by atoms with E-state index in [0.717, 1.165) is 49.9 Å². The highest BCUT2D eigenvalue weighted by Crippen LogP contribution is 2.22. The number of amides is 1. The largest absolute Gasteiger partial charge is 0.379 e. The van der Waals surface area contributed by atoms with Crippen LogP contribution in [0.1, 0.15) is 18.1 Å². The van der Waals surface area contributed by atoms with E-state index in [1.54, 1.807) is 11.8 Å². The summed E-state index contributed by atoms with van der Waals surface area (Å²) in [6, 6.07) is 18.3. The molecule has 3 rings (SSSR count). The maximum absolute atomic E-state index is 12.6. The molecule has 138 valence electrons. The summed E-state index contributed by atoms with van der Waals surface area (Å²) in [5.41, 5.74) is 3.31. The van der Waals surface area contributed by atoms with E-state index in [-0.39, 0.29) is 11.2 Å². The molecule has 26 heavy (non-hydrogen) atoms. The Balaban J connectivity index is 1.56. The number of carbonyl (C=O) groups excluding carboxylic acids is 1. The second-order valence-electron chi connectivity index (χ2n) is 6.47. The lowest BCUT2D eigenvalue weighted by molar-refractivity contribution is -0.115. The predicted octanol–water partition coefficient (Wildman–Crippen LogP) is 3.78. The molecule has 1 heterocycles. The minimum Gasteiger partial charge on any atom is -0.379 e. The second kappa shape index (κ2) is 9.76. The van der Waals surface area contributed by atoms with Gasteiger partial charge >= 0.3 is 0 Å². The van der Waals surface area contributed by atoms with Crippen LogP contribution >= 0.6 is 11.8 Å². The maximum atomic E-state index is 12.6. The number of nitrogens with zero attached hydrogens (tertiary/aromatic N) is 1. The summed E-state index contributed by atoms with van der Waals surface area (Å²) in [7, 11) is 0. The third-order valence-electron chi connectivity index (χ3n) is 4.48. The Hall–Kier alpha value is -1.82. The number of anilines is 1. The number of thioether (sulfide) groups is 1. The van der Waals surface area contributed by atoms with Crippen LogP contribution in [0.25, 0.3) is 0 Å². The van der Waals surface area contributed by atoms with Gasteiger partial charge in [-0.2, -0.15) is 0 Å². The summed E-state index contributed by atoms with van der Waals surface area (Å²) >= 11 is 1.66. The van der Waals surface area contributed by atoms with Crippen molar-refractivity contribution in [1.82, 2.24) is 4.90 Å². The minimum atomic E-state index is -0.105. The molecule has 1 amide bonds. The van der Waals surface area contributed by atoms with Crippen LogP contribution in [0.3, 0.4) is 0 Å². The summed E-state index contributed by atoms with van der Waals surface area (Å²) in [6.45, 7) is 6.24. The van der Waals surface area contributed by atoms with Gasteiger partial charge in [-0.25, -0.2) is 0 Å². The summed E-state index contributed by atoms with van der Waals surface area (Å²) in [4.78, 5) is 15.0. The maximum Gasteiger partial charge on any atom is 0.237 e. The van der Waals surface area contributed by atoms with Crippen LogP contribution < -0.4 is 5.32 Å². The van der Waals surface area contributed by atoms with Crippen LogP contribution in [0, 0.1) is 0 Å². The predicted molar refractivity (Wildman–Crippen MR) is 108 cm³/mol. The number of rotatable bonds is 7. The molecule has 1 saturated heterocycles. The zero-order chi connectivity index (χ0) is 18.2. The number of hydrogen-bond donors (Lipinski definition) is 1. The van der Waals surface area contributed by atoms with Crippen LogP contribution in [0.4, 0.5) is 5.69 Å². The van der Waals surface area contributed by atoms with Crippen molar-refractivity contribution in [1.29, 1.82) is 0 Å². The van der Waals surface area contributed by atoms with Gasteiger partial charge in [0.2, 0.25) is 5.91 Å². The number of ether oxygens (including phenoxy) is 1. The Kier molecular flexibility index (Phi) is 7.12. The van der Waals surface area contributed by atoms with Crippen LogP contribution in [0.5, 0.6) is 0 Å². The number of nitrogens with one attached hydrogen (secondary N) is 1. The fourth-order valence-corrected chi connectivity index (χ4v) is 3.73. The molecule has 5 heteroatoms. The summed E-state index contributed by atoms with van der Waals surface area (Å²) in [5, 5.41) is 3.01. The number of hydrogen-bond acceptors (Lipinski definition) is 4. The van der Waals surface area contributed by atoms with E-state index in [1.165, 1.54) is 5.56 Å². The molecule has 1 fully saturated rings. The Morgan fingerprint density at radius 2 is 1.81 bits per heavy atom. The van der Waals surface area contributed by atoms with E-state index in [0.29, 0.717) is 0 Å². The first kappa shape index (κ1) is 19.0. The number of morpholine rings is 1. The summed E-state index contributed by atoms with van der Waals surface area (Å²) in [5.74, 6) is 0.894. The molecular formula is C21H26N2O2S. The van der Waals surface area contributed by atoms with Crippen molar-refractivity contribution in [3.05, 3.63) is 65.7 Å². The van der Waals surface area contributed by atoms with Gasteiger partial charge in [0.15, 0.2) is 0 Å². The van der Waals surface area contributed by atoms with Crippen LogP contribution in [-0.4, -0.2) is 42.4 Å². The summed E-state index contributed by atoms with van der Waals surface area (Å²) in [6.07, 6.45) is 0. The van der Waals surface area contributed by atoms with Crippen molar-refractivity contribution >= 4 is 23.4 Å². The van der Waals surface area contributed by atoms with Crippen LogP contribution in [0.2, 0.25) is 0 Å². The Labute approximate surface area is 159 Å². The molecule has 1 aliphatic heterocycles. The molecule has 1 aliphatic rings. The van der Waals surface area contributed by atoms with Crippen molar-refractivity contribution in [3.63, 3.8) is 0 Å². The number of benzene rings is 2. The molecule has 1 unspecified atom stereocenters. The van der Waals surface area contributed by atoms with Crippen LogP contribution in [-0.2, 0) is 21.8 Å². The quantitative estimate of drug-likeness (QED) is 0.805. The smallest absolute Gasteiger partial charge is 0.237 e. The minimum absolute atomic E-state index is 0.0559. The summed E-state index contributed by atoms with van der Waals surface area (Å²) < 4.78 is 5.41. The van der Waals surface area contributed by atoms with Gasteiger partial charge in [-0.05, 0) is 24.1 Å². The van der Waals surface area contributed by atoms with E-state index < -0.39 is 0 Å². The Morgan fingerprint density at radius 1 is 1.12 bits per heavy atom. The Morgan fingerprint density at radius 3 is 2.58 bits per heavy atom. The molecule has 0 aromatic heterocycles. The standard InChI is InChI=1S/C21H26N2O2S/c1-17(26-16-18-7-3-2-4-8-18)21(24)22-20-10-6-5-9-19(20)15-23-11-13-25-14-12-23/h2-10,17H,11-16H2,1H3,(H,22,24). The van der Waals surface area contributed by atoms with Gasteiger partial charge in [-0.15, -0.1) is 11.8 Å². The normalized spacial score (nSPS) is 16.2. The van der Waals surface area contributed by atoms with E-state index >= 15 is 0 Å². The Bertz CT molecular complexity index is 702.